The number of nitriles is 1. The van der Waals surface area contributed by atoms with Crippen LogP contribution in [0, 0.1) is 11.3 Å². The van der Waals surface area contributed by atoms with Crippen LogP contribution < -0.4 is 4.90 Å². The van der Waals surface area contributed by atoms with Gasteiger partial charge in [0, 0.05) is 13.1 Å². The second-order valence-corrected chi connectivity index (χ2v) is 4.75. The van der Waals surface area contributed by atoms with Crippen molar-refractivity contribution in [2.75, 3.05) is 4.90 Å². The predicted molar refractivity (Wildman–Crippen MR) is 73.4 cm³/mol. The molecule has 0 aromatic heterocycles. The predicted octanol–water partition coefficient (Wildman–Crippen LogP) is 2.57. The first-order valence-corrected chi connectivity index (χ1v) is 6.27. The van der Waals surface area contributed by atoms with Gasteiger partial charge in [-0.15, -0.1) is 0 Å². The highest BCUT2D eigenvalue weighted by Crippen LogP contribution is 2.30. The molecule has 1 heterocycles. The van der Waals surface area contributed by atoms with Gasteiger partial charge < -0.3 is 10.0 Å². The van der Waals surface area contributed by atoms with Crippen LogP contribution >= 0.6 is 0 Å². The molecule has 0 saturated heterocycles. The third kappa shape index (κ3) is 2.07. The fourth-order valence-electron chi connectivity index (χ4n) is 2.55. The largest absolute Gasteiger partial charge is 0.392 e. The number of anilines is 1. The van der Waals surface area contributed by atoms with Crippen molar-refractivity contribution in [3.05, 3.63) is 64.7 Å². The summed E-state index contributed by atoms with van der Waals surface area (Å²) in [4.78, 5) is 2.20. The van der Waals surface area contributed by atoms with Gasteiger partial charge >= 0.3 is 0 Å². The van der Waals surface area contributed by atoms with E-state index in [9.17, 15) is 5.26 Å². The Bertz CT molecular complexity index is 633. The van der Waals surface area contributed by atoms with Crippen LogP contribution in [0.4, 0.5) is 5.69 Å². The van der Waals surface area contributed by atoms with Crippen LogP contribution in [-0.2, 0) is 19.7 Å². The third-order valence-electron chi connectivity index (χ3n) is 3.55. The molecule has 1 aliphatic rings. The molecule has 0 spiro atoms. The smallest absolute Gasteiger partial charge is 0.101 e. The van der Waals surface area contributed by atoms with Gasteiger partial charge in [-0.05, 0) is 28.8 Å². The molecule has 0 radical (unpaired) electrons. The zero-order valence-electron chi connectivity index (χ0n) is 10.5. The zero-order chi connectivity index (χ0) is 13.2. The Kier molecular flexibility index (Phi) is 2.94. The van der Waals surface area contributed by atoms with Crippen LogP contribution in [-0.4, -0.2) is 5.11 Å². The summed E-state index contributed by atoms with van der Waals surface area (Å²) in [5, 5.41) is 18.4. The Morgan fingerprint density at radius 2 is 1.79 bits per heavy atom. The lowest BCUT2D eigenvalue weighted by Gasteiger charge is -2.19. The number of fused-ring (bicyclic) bond motifs is 1. The first-order chi connectivity index (χ1) is 9.31. The molecule has 0 unspecified atom stereocenters. The van der Waals surface area contributed by atoms with Gasteiger partial charge in [0.05, 0.1) is 17.9 Å². The quantitative estimate of drug-likeness (QED) is 0.891. The number of aliphatic hydroxyl groups excluding tert-OH is 1. The van der Waals surface area contributed by atoms with Gasteiger partial charge in [-0.3, -0.25) is 0 Å². The number of hydrogen-bond donors (Lipinski definition) is 1. The van der Waals surface area contributed by atoms with Gasteiger partial charge in [-0.1, -0.05) is 30.3 Å². The van der Waals surface area contributed by atoms with Gasteiger partial charge in [-0.25, -0.2) is 0 Å². The molecule has 0 aliphatic carbocycles. The fourth-order valence-corrected chi connectivity index (χ4v) is 2.55. The zero-order valence-corrected chi connectivity index (χ0v) is 10.5. The Morgan fingerprint density at radius 3 is 2.37 bits per heavy atom. The molecule has 1 N–H and O–H groups in total. The molecule has 0 bridgehead atoms. The first-order valence-electron chi connectivity index (χ1n) is 6.27. The molecule has 2 aromatic carbocycles. The molecule has 1 aliphatic heterocycles. The van der Waals surface area contributed by atoms with E-state index in [4.69, 9.17) is 5.11 Å². The highest BCUT2D eigenvalue weighted by Gasteiger charge is 2.20. The molecule has 3 nitrogen and oxygen atoms in total. The van der Waals surface area contributed by atoms with Gasteiger partial charge in [0.1, 0.15) is 6.07 Å². The minimum Gasteiger partial charge on any atom is -0.392 e. The normalized spacial score (nSPS) is 13.2. The van der Waals surface area contributed by atoms with E-state index in [1.165, 1.54) is 11.1 Å². The van der Waals surface area contributed by atoms with Crippen LogP contribution in [0.15, 0.2) is 42.5 Å². The molecule has 94 valence electrons. The second-order valence-electron chi connectivity index (χ2n) is 4.75. The van der Waals surface area contributed by atoms with Gasteiger partial charge in [-0.2, -0.15) is 5.26 Å². The molecule has 0 atom stereocenters. The topological polar surface area (TPSA) is 47.3 Å². The van der Waals surface area contributed by atoms with Crippen molar-refractivity contribution in [2.45, 2.75) is 19.7 Å². The van der Waals surface area contributed by atoms with E-state index in [1.807, 2.05) is 24.3 Å². The van der Waals surface area contributed by atoms with Crippen molar-refractivity contribution < 1.29 is 5.11 Å². The lowest BCUT2D eigenvalue weighted by Crippen LogP contribution is -2.15. The maximum Gasteiger partial charge on any atom is 0.101 e. The summed E-state index contributed by atoms with van der Waals surface area (Å²) in [7, 11) is 0. The number of aliphatic hydroxyl groups is 1. The van der Waals surface area contributed by atoms with E-state index in [2.05, 4.69) is 23.1 Å². The Labute approximate surface area is 112 Å². The van der Waals surface area contributed by atoms with Crippen molar-refractivity contribution in [1.82, 2.24) is 0 Å². The molecular weight excluding hydrogens is 236 g/mol. The van der Waals surface area contributed by atoms with Crippen molar-refractivity contribution in [1.29, 1.82) is 5.26 Å². The van der Waals surface area contributed by atoms with Crippen molar-refractivity contribution >= 4 is 5.69 Å². The lowest BCUT2D eigenvalue weighted by atomic mass is 10.1. The van der Waals surface area contributed by atoms with Crippen molar-refractivity contribution in [2.24, 2.45) is 0 Å². The van der Waals surface area contributed by atoms with Crippen LogP contribution in [0.5, 0.6) is 0 Å². The van der Waals surface area contributed by atoms with Crippen molar-refractivity contribution in [3.63, 3.8) is 0 Å². The first kappa shape index (κ1) is 11.8. The Hall–Kier alpha value is -2.31. The van der Waals surface area contributed by atoms with Gasteiger partial charge in [0.15, 0.2) is 0 Å². The molecule has 3 heteroatoms. The van der Waals surface area contributed by atoms with E-state index < -0.39 is 0 Å². The van der Waals surface area contributed by atoms with Gasteiger partial charge in [0.2, 0.25) is 0 Å². The summed E-state index contributed by atoms with van der Waals surface area (Å²) < 4.78 is 0. The molecular formula is C16H14N2O. The Morgan fingerprint density at radius 1 is 1.11 bits per heavy atom. The highest BCUT2D eigenvalue weighted by atomic mass is 16.3. The second kappa shape index (κ2) is 4.75. The monoisotopic (exact) mass is 250 g/mol. The molecule has 19 heavy (non-hydrogen) atoms. The summed E-state index contributed by atoms with van der Waals surface area (Å²) in [6.45, 7) is 1.64. The van der Waals surface area contributed by atoms with E-state index in [-0.39, 0.29) is 6.61 Å². The number of nitrogens with zero attached hydrogens (tertiary/aromatic N) is 2. The number of hydrogen-bond acceptors (Lipinski definition) is 3. The summed E-state index contributed by atoms with van der Waals surface area (Å²) in [6.07, 6.45) is 0. The molecule has 0 fully saturated rings. The van der Waals surface area contributed by atoms with E-state index in [1.54, 1.807) is 6.07 Å². The van der Waals surface area contributed by atoms with Crippen LogP contribution in [0.25, 0.3) is 0 Å². The standard InChI is InChI=1S/C16H14N2O/c17-8-15-7-12(11-19)5-6-16(15)18-9-13-3-1-2-4-14(13)10-18/h1-7,19H,9-11H2. The maximum atomic E-state index is 9.26. The third-order valence-corrected chi connectivity index (χ3v) is 3.55. The molecule has 0 saturated carbocycles. The van der Waals surface area contributed by atoms with E-state index in [0.29, 0.717) is 5.56 Å². The Balaban J connectivity index is 1.95. The minimum absolute atomic E-state index is 0.0326. The molecule has 3 rings (SSSR count). The van der Waals surface area contributed by atoms with Crippen molar-refractivity contribution in [3.8, 4) is 6.07 Å². The summed E-state index contributed by atoms with van der Waals surface area (Å²) in [5.41, 5.74) is 4.97. The minimum atomic E-state index is -0.0326. The number of rotatable bonds is 2. The fraction of sp³-hybridized carbons (Fsp3) is 0.188. The molecule has 0 amide bonds. The van der Waals surface area contributed by atoms with Crippen LogP contribution in [0.3, 0.4) is 0 Å². The van der Waals surface area contributed by atoms with Crippen LogP contribution in [0.2, 0.25) is 0 Å². The van der Waals surface area contributed by atoms with Crippen LogP contribution in [0.1, 0.15) is 22.3 Å². The average Bonchev–Trinajstić information content (AvgIpc) is 2.90. The van der Waals surface area contributed by atoms with Gasteiger partial charge in [0.25, 0.3) is 0 Å². The van der Waals surface area contributed by atoms with E-state index in [0.717, 1.165) is 24.3 Å². The van der Waals surface area contributed by atoms with E-state index >= 15 is 0 Å². The summed E-state index contributed by atoms with van der Waals surface area (Å²) >= 11 is 0. The summed E-state index contributed by atoms with van der Waals surface area (Å²) in [6, 6.07) is 16.1. The highest BCUT2D eigenvalue weighted by molar-refractivity contribution is 5.62. The SMILES string of the molecule is N#Cc1cc(CO)ccc1N1Cc2ccccc2C1. The number of benzene rings is 2. The molecule has 2 aromatic rings. The summed E-state index contributed by atoms with van der Waals surface area (Å²) in [5.74, 6) is 0. The lowest BCUT2D eigenvalue weighted by molar-refractivity contribution is 0.282. The maximum absolute atomic E-state index is 9.26. The average molecular weight is 250 g/mol.